The van der Waals surface area contributed by atoms with Gasteiger partial charge in [-0.05, 0) is 6.07 Å². The van der Waals surface area contributed by atoms with E-state index in [0.29, 0.717) is 13.4 Å². The number of aromatic nitrogens is 2. The van der Waals surface area contributed by atoms with Crippen molar-refractivity contribution < 1.29 is 9.47 Å². The third-order valence-corrected chi connectivity index (χ3v) is 2.16. The van der Waals surface area contributed by atoms with E-state index >= 15 is 0 Å². The monoisotopic (exact) mass is 176 g/mol. The molecule has 1 aromatic carbocycles. The van der Waals surface area contributed by atoms with E-state index in [1.165, 1.54) is 0 Å². The van der Waals surface area contributed by atoms with Crippen LogP contribution in [0.3, 0.4) is 0 Å². The maximum absolute atomic E-state index is 5.32. The van der Waals surface area contributed by atoms with Crippen LogP contribution in [0.5, 0.6) is 5.75 Å². The number of H-pyrrole nitrogens is 1. The highest BCUT2D eigenvalue weighted by molar-refractivity contribution is 5.77. The molecule has 0 saturated carbocycles. The van der Waals surface area contributed by atoms with Crippen molar-refractivity contribution in [2.24, 2.45) is 0 Å². The van der Waals surface area contributed by atoms with Crippen LogP contribution < -0.4 is 4.74 Å². The second-order valence-electron chi connectivity index (χ2n) is 2.99. The van der Waals surface area contributed by atoms with Crippen LogP contribution in [0.4, 0.5) is 0 Å². The van der Waals surface area contributed by atoms with Crippen molar-refractivity contribution in [3.63, 3.8) is 0 Å². The molecule has 0 radical (unpaired) electrons. The number of benzene rings is 1. The molecule has 0 aliphatic carbocycles. The van der Waals surface area contributed by atoms with Crippen molar-refractivity contribution in [3.05, 3.63) is 24.0 Å². The number of fused-ring (bicyclic) bond motifs is 2. The number of rotatable bonds is 0. The fourth-order valence-electron chi connectivity index (χ4n) is 1.51. The van der Waals surface area contributed by atoms with Crippen LogP contribution in [0.1, 0.15) is 5.56 Å². The molecule has 2 heterocycles. The van der Waals surface area contributed by atoms with Gasteiger partial charge in [-0.25, -0.2) is 4.98 Å². The number of ether oxygens (including phenoxy) is 2. The van der Waals surface area contributed by atoms with Crippen LogP contribution in [0.15, 0.2) is 18.5 Å². The summed E-state index contributed by atoms with van der Waals surface area (Å²) in [6.45, 7) is 0.952. The summed E-state index contributed by atoms with van der Waals surface area (Å²) in [6, 6.07) is 3.94. The molecule has 0 saturated heterocycles. The smallest absolute Gasteiger partial charge is 0.189 e. The number of aromatic amines is 1. The molecule has 3 rings (SSSR count). The van der Waals surface area contributed by atoms with Gasteiger partial charge in [-0.15, -0.1) is 0 Å². The van der Waals surface area contributed by atoms with E-state index in [9.17, 15) is 0 Å². The van der Waals surface area contributed by atoms with Gasteiger partial charge in [0.05, 0.1) is 24.0 Å². The number of hydrogen-bond acceptors (Lipinski definition) is 3. The molecule has 0 spiro atoms. The van der Waals surface area contributed by atoms with E-state index in [0.717, 1.165) is 22.3 Å². The Morgan fingerprint density at radius 3 is 3.38 bits per heavy atom. The number of nitrogens with zero attached hydrogens (tertiary/aromatic N) is 1. The first-order valence-corrected chi connectivity index (χ1v) is 4.10. The Labute approximate surface area is 74.5 Å². The molecule has 4 nitrogen and oxygen atoms in total. The molecule has 13 heavy (non-hydrogen) atoms. The van der Waals surface area contributed by atoms with Crippen LogP contribution in [0.25, 0.3) is 11.0 Å². The lowest BCUT2D eigenvalue weighted by Crippen LogP contribution is -2.10. The molecule has 1 aliphatic heterocycles. The van der Waals surface area contributed by atoms with Gasteiger partial charge in [0.25, 0.3) is 0 Å². The van der Waals surface area contributed by atoms with Crippen molar-refractivity contribution >= 4 is 11.0 Å². The molecule has 2 aromatic rings. The molecule has 1 aliphatic rings. The summed E-state index contributed by atoms with van der Waals surface area (Å²) in [6.07, 6.45) is 1.68. The predicted octanol–water partition coefficient (Wildman–Crippen LogP) is 1.43. The van der Waals surface area contributed by atoms with E-state index in [4.69, 9.17) is 9.47 Å². The van der Waals surface area contributed by atoms with Gasteiger partial charge in [0, 0.05) is 11.6 Å². The normalized spacial score (nSPS) is 15.4. The number of imidazole rings is 1. The third-order valence-electron chi connectivity index (χ3n) is 2.16. The van der Waals surface area contributed by atoms with Gasteiger partial charge < -0.3 is 14.5 Å². The zero-order valence-electron chi connectivity index (χ0n) is 6.91. The second kappa shape index (κ2) is 2.47. The van der Waals surface area contributed by atoms with Crippen molar-refractivity contribution in [3.8, 4) is 5.75 Å². The molecule has 4 heteroatoms. The zero-order chi connectivity index (χ0) is 8.67. The second-order valence-corrected chi connectivity index (χ2v) is 2.99. The van der Waals surface area contributed by atoms with Crippen LogP contribution in [0, 0.1) is 0 Å². The molecule has 0 atom stereocenters. The van der Waals surface area contributed by atoms with Crippen LogP contribution in [-0.4, -0.2) is 16.8 Å². The van der Waals surface area contributed by atoms with Gasteiger partial charge in [-0.2, -0.15) is 0 Å². The Hall–Kier alpha value is -1.55. The van der Waals surface area contributed by atoms with Crippen LogP contribution in [0.2, 0.25) is 0 Å². The standard InChI is InChI=1S/C9H8N2O2/c1-6-3-12-5-13-9(6)2-8-7(1)10-4-11-8/h1-2,4H,3,5H2,(H,10,11). The van der Waals surface area contributed by atoms with Gasteiger partial charge in [-0.1, -0.05) is 0 Å². The fourth-order valence-corrected chi connectivity index (χ4v) is 1.51. The minimum Gasteiger partial charge on any atom is -0.467 e. The molecule has 0 unspecified atom stereocenters. The lowest BCUT2D eigenvalue weighted by atomic mass is 10.2. The highest BCUT2D eigenvalue weighted by Crippen LogP contribution is 2.27. The lowest BCUT2D eigenvalue weighted by Gasteiger charge is -2.16. The third kappa shape index (κ3) is 0.990. The summed E-state index contributed by atoms with van der Waals surface area (Å²) < 4.78 is 10.5. The highest BCUT2D eigenvalue weighted by atomic mass is 16.7. The Bertz CT molecular complexity index is 410. The van der Waals surface area contributed by atoms with Crippen molar-refractivity contribution in [1.29, 1.82) is 0 Å². The van der Waals surface area contributed by atoms with Gasteiger partial charge in [0.2, 0.25) is 0 Å². The number of nitrogens with one attached hydrogen (secondary N) is 1. The highest BCUT2D eigenvalue weighted by Gasteiger charge is 2.11. The Kier molecular flexibility index (Phi) is 1.31. The quantitative estimate of drug-likeness (QED) is 0.660. The Morgan fingerprint density at radius 1 is 1.38 bits per heavy atom. The molecule has 1 N–H and O–H groups in total. The molecular weight excluding hydrogens is 168 g/mol. The summed E-state index contributed by atoms with van der Waals surface area (Å²) in [5.74, 6) is 0.880. The molecule has 0 fully saturated rings. The summed E-state index contributed by atoms with van der Waals surface area (Å²) in [5, 5.41) is 0. The van der Waals surface area contributed by atoms with Crippen molar-refractivity contribution in [2.45, 2.75) is 6.61 Å². The summed E-state index contributed by atoms with van der Waals surface area (Å²) in [7, 11) is 0. The molecule has 1 aromatic heterocycles. The maximum Gasteiger partial charge on any atom is 0.189 e. The number of hydrogen-bond donors (Lipinski definition) is 1. The first-order chi connectivity index (χ1) is 6.43. The van der Waals surface area contributed by atoms with Gasteiger partial charge in [0.15, 0.2) is 6.79 Å². The minimum atomic E-state index is 0.336. The first kappa shape index (κ1) is 6.91. The Balaban J connectivity index is 2.28. The average molecular weight is 176 g/mol. The van der Waals surface area contributed by atoms with E-state index in [1.54, 1.807) is 6.33 Å². The van der Waals surface area contributed by atoms with Gasteiger partial charge >= 0.3 is 0 Å². The largest absolute Gasteiger partial charge is 0.467 e. The predicted molar refractivity (Wildman–Crippen MR) is 46.4 cm³/mol. The van der Waals surface area contributed by atoms with Crippen LogP contribution in [-0.2, 0) is 11.3 Å². The summed E-state index contributed by atoms with van der Waals surface area (Å²) in [4.78, 5) is 7.20. The molecular formula is C9H8N2O2. The van der Waals surface area contributed by atoms with Crippen molar-refractivity contribution in [2.75, 3.05) is 6.79 Å². The zero-order valence-corrected chi connectivity index (χ0v) is 6.91. The minimum absolute atomic E-state index is 0.336. The van der Waals surface area contributed by atoms with E-state index in [2.05, 4.69) is 9.97 Å². The summed E-state index contributed by atoms with van der Waals surface area (Å²) >= 11 is 0. The molecule has 66 valence electrons. The van der Waals surface area contributed by atoms with E-state index < -0.39 is 0 Å². The van der Waals surface area contributed by atoms with Crippen LogP contribution >= 0.6 is 0 Å². The van der Waals surface area contributed by atoms with Gasteiger partial charge in [0.1, 0.15) is 5.75 Å². The average Bonchev–Trinajstić information content (AvgIpc) is 2.61. The maximum atomic E-state index is 5.32. The Morgan fingerprint density at radius 2 is 2.38 bits per heavy atom. The molecule has 0 amide bonds. The van der Waals surface area contributed by atoms with Crippen molar-refractivity contribution in [1.82, 2.24) is 9.97 Å². The topological polar surface area (TPSA) is 47.1 Å². The summed E-state index contributed by atoms with van der Waals surface area (Å²) in [5.41, 5.74) is 3.02. The lowest BCUT2D eigenvalue weighted by molar-refractivity contribution is -0.0161. The van der Waals surface area contributed by atoms with Gasteiger partial charge in [-0.3, -0.25) is 0 Å². The SMILES string of the molecule is c1nc2cc3c(cc2[nH]1)COCO3. The molecule has 0 bridgehead atoms. The van der Waals surface area contributed by atoms with E-state index in [1.807, 2.05) is 12.1 Å². The first-order valence-electron chi connectivity index (χ1n) is 4.10. The van der Waals surface area contributed by atoms with E-state index in [-0.39, 0.29) is 0 Å². The fraction of sp³-hybridized carbons (Fsp3) is 0.222.